The summed E-state index contributed by atoms with van der Waals surface area (Å²) in [6.07, 6.45) is 3.36. The van der Waals surface area contributed by atoms with E-state index in [0.29, 0.717) is 12.1 Å². The minimum Gasteiger partial charge on any atom is -0.304 e. The molecule has 0 saturated heterocycles. The lowest BCUT2D eigenvalue weighted by Gasteiger charge is -2.28. The van der Waals surface area contributed by atoms with E-state index < -0.39 is 0 Å². The maximum absolute atomic E-state index is 9.18. The first kappa shape index (κ1) is 12.5. The molecule has 86 valence electrons. The lowest BCUT2D eigenvalue weighted by molar-refractivity contribution is 0.244. The van der Waals surface area contributed by atoms with Gasteiger partial charge in [-0.05, 0) is 47.1 Å². The summed E-state index contributed by atoms with van der Waals surface area (Å²) >= 11 is 0. The maximum atomic E-state index is 9.18. The van der Waals surface area contributed by atoms with Crippen LogP contribution in [0.2, 0.25) is 0 Å². The molecule has 1 aliphatic carbocycles. The van der Waals surface area contributed by atoms with Crippen molar-refractivity contribution in [3.63, 3.8) is 0 Å². The molecule has 0 aromatic rings. The molecular formula is C12H23N3. The summed E-state index contributed by atoms with van der Waals surface area (Å²) < 4.78 is 0. The third-order valence-electron chi connectivity index (χ3n) is 3.19. The van der Waals surface area contributed by atoms with Crippen LogP contribution in [0.4, 0.5) is 0 Å². The number of nitrogens with zero attached hydrogens (tertiary/aromatic N) is 2. The van der Waals surface area contributed by atoms with Gasteiger partial charge in [-0.3, -0.25) is 5.32 Å². The summed E-state index contributed by atoms with van der Waals surface area (Å²) in [5.41, 5.74) is -0.343. The zero-order valence-electron chi connectivity index (χ0n) is 10.4. The van der Waals surface area contributed by atoms with E-state index in [9.17, 15) is 5.26 Å². The Morgan fingerprint density at radius 3 is 2.53 bits per heavy atom. The highest BCUT2D eigenvalue weighted by Gasteiger charge is 2.32. The fourth-order valence-corrected chi connectivity index (χ4v) is 1.50. The molecule has 1 rings (SSSR count). The topological polar surface area (TPSA) is 39.1 Å². The van der Waals surface area contributed by atoms with Crippen LogP contribution in [0.5, 0.6) is 0 Å². The molecule has 0 amide bonds. The third-order valence-corrected chi connectivity index (χ3v) is 3.19. The highest BCUT2D eigenvalue weighted by Crippen LogP contribution is 2.23. The molecule has 0 aromatic carbocycles. The number of rotatable bonds is 6. The number of hydrogen-bond acceptors (Lipinski definition) is 3. The second kappa shape index (κ2) is 4.96. The van der Waals surface area contributed by atoms with E-state index in [1.807, 2.05) is 6.92 Å². The first-order valence-corrected chi connectivity index (χ1v) is 5.86. The highest BCUT2D eigenvalue weighted by atomic mass is 15.1. The van der Waals surface area contributed by atoms with Gasteiger partial charge in [-0.1, -0.05) is 0 Å². The maximum Gasteiger partial charge on any atom is 0.105 e. The van der Waals surface area contributed by atoms with E-state index in [-0.39, 0.29) is 5.54 Å². The number of nitrogens with one attached hydrogen (secondary N) is 1. The molecule has 15 heavy (non-hydrogen) atoms. The Morgan fingerprint density at radius 1 is 1.53 bits per heavy atom. The third kappa shape index (κ3) is 4.19. The Kier molecular flexibility index (Phi) is 4.12. The number of nitriles is 1. The summed E-state index contributed by atoms with van der Waals surface area (Å²) in [5.74, 6) is 0. The summed E-state index contributed by atoms with van der Waals surface area (Å²) in [4.78, 5) is 2.28. The van der Waals surface area contributed by atoms with Gasteiger partial charge in [-0.2, -0.15) is 5.26 Å². The predicted molar refractivity (Wildman–Crippen MR) is 62.6 cm³/mol. The van der Waals surface area contributed by atoms with E-state index in [4.69, 9.17) is 0 Å². The molecule has 1 N–H and O–H groups in total. The van der Waals surface area contributed by atoms with Crippen LogP contribution >= 0.6 is 0 Å². The zero-order valence-corrected chi connectivity index (χ0v) is 10.4. The van der Waals surface area contributed by atoms with E-state index in [1.54, 1.807) is 0 Å². The summed E-state index contributed by atoms with van der Waals surface area (Å²) in [7, 11) is 2.11. The van der Waals surface area contributed by atoms with Crippen molar-refractivity contribution >= 4 is 0 Å². The minimum atomic E-state index is -0.343. The molecule has 3 heteroatoms. The Bertz CT molecular complexity index is 240. The van der Waals surface area contributed by atoms with Crippen LogP contribution in [0.15, 0.2) is 0 Å². The van der Waals surface area contributed by atoms with Gasteiger partial charge in [0.1, 0.15) is 5.54 Å². The monoisotopic (exact) mass is 209 g/mol. The molecule has 1 saturated carbocycles. The van der Waals surface area contributed by atoms with Gasteiger partial charge in [0.05, 0.1) is 6.07 Å². The fraction of sp³-hybridized carbons (Fsp3) is 0.917. The van der Waals surface area contributed by atoms with Crippen LogP contribution in [-0.4, -0.2) is 36.1 Å². The van der Waals surface area contributed by atoms with E-state index >= 15 is 0 Å². The first-order valence-electron chi connectivity index (χ1n) is 5.86. The smallest absolute Gasteiger partial charge is 0.105 e. The van der Waals surface area contributed by atoms with Crippen molar-refractivity contribution in [2.75, 3.05) is 13.6 Å². The highest BCUT2D eigenvalue weighted by molar-refractivity contribution is 5.07. The molecule has 1 aliphatic rings. The van der Waals surface area contributed by atoms with Crippen molar-refractivity contribution in [3.8, 4) is 6.07 Å². The van der Waals surface area contributed by atoms with Gasteiger partial charge in [0.2, 0.25) is 0 Å². The second-order valence-electron chi connectivity index (χ2n) is 5.19. The first-order chi connectivity index (χ1) is 6.97. The predicted octanol–water partition coefficient (Wildman–Crippen LogP) is 1.75. The summed E-state index contributed by atoms with van der Waals surface area (Å²) in [6.45, 7) is 7.34. The molecule has 0 heterocycles. The molecular weight excluding hydrogens is 186 g/mol. The van der Waals surface area contributed by atoms with Crippen molar-refractivity contribution < 1.29 is 0 Å². The van der Waals surface area contributed by atoms with Crippen molar-refractivity contribution in [1.82, 2.24) is 10.2 Å². The zero-order chi connectivity index (χ0) is 11.5. The molecule has 0 radical (unpaired) electrons. The van der Waals surface area contributed by atoms with Crippen LogP contribution in [-0.2, 0) is 0 Å². The van der Waals surface area contributed by atoms with Gasteiger partial charge >= 0.3 is 0 Å². The Hall–Kier alpha value is -0.590. The Balaban J connectivity index is 2.35. The lowest BCUT2D eigenvalue weighted by atomic mass is 9.99. The second-order valence-corrected chi connectivity index (χ2v) is 5.19. The molecule has 0 aromatic heterocycles. The normalized spacial score (nSPS) is 20.3. The lowest BCUT2D eigenvalue weighted by Crippen LogP contribution is -2.45. The van der Waals surface area contributed by atoms with Gasteiger partial charge in [0, 0.05) is 18.6 Å². The van der Waals surface area contributed by atoms with E-state index in [0.717, 1.165) is 13.0 Å². The molecule has 1 fully saturated rings. The molecule has 0 spiro atoms. The van der Waals surface area contributed by atoms with Gasteiger partial charge in [-0.15, -0.1) is 0 Å². The summed E-state index contributed by atoms with van der Waals surface area (Å²) in [5, 5.41) is 12.6. The van der Waals surface area contributed by atoms with E-state index in [1.165, 1.54) is 12.8 Å². The van der Waals surface area contributed by atoms with Crippen LogP contribution in [0.25, 0.3) is 0 Å². The molecule has 1 atom stereocenters. The van der Waals surface area contributed by atoms with Crippen molar-refractivity contribution in [1.29, 1.82) is 5.26 Å². The van der Waals surface area contributed by atoms with Crippen molar-refractivity contribution in [2.24, 2.45) is 0 Å². The van der Waals surface area contributed by atoms with Crippen LogP contribution in [0, 0.1) is 11.3 Å². The van der Waals surface area contributed by atoms with Crippen molar-refractivity contribution in [3.05, 3.63) is 0 Å². The Labute approximate surface area is 93.5 Å². The minimum absolute atomic E-state index is 0.343. The molecule has 1 unspecified atom stereocenters. The number of hydrogen-bond donors (Lipinski definition) is 1. The van der Waals surface area contributed by atoms with Gasteiger partial charge in [-0.25, -0.2) is 0 Å². The van der Waals surface area contributed by atoms with Gasteiger partial charge in [0.25, 0.3) is 0 Å². The van der Waals surface area contributed by atoms with Crippen LogP contribution in [0.1, 0.15) is 40.0 Å². The standard InChI is InChI=1S/C12H23N3/c1-10(2)15(4)8-7-12(3,9-13)14-11-5-6-11/h10-11,14H,5-8H2,1-4H3. The van der Waals surface area contributed by atoms with Crippen LogP contribution < -0.4 is 5.32 Å². The summed E-state index contributed by atoms with van der Waals surface area (Å²) in [6, 6.07) is 3.55. The average Bonchev–Trinajstić information content (AvgIpc) is 2.98. The largest absolute Gasteiger partial charge is 0.304 e. The average molecular weight is 209 g/mol. The Morgan fingerprint density at radius 2 is 2.13 bits per heavy atom. The molecule has 3 nitrogen and oxygen atoms in total. The molecule has 0 bridgehead atoms. The molecule has 0 aliphatic heterocycles. The van der Waals surface area contributed by atoms with Crippen molar-refractivity contribution in [2.45, 2.75) is 57.7 Å². The fourth-order valence-electron chi connectivity index (χ4n) is 1.50. The van der Waals surface area contributed by atoms with E-state index in [2.05, 4.69) is 37.2 Å². The van der Waals surface area contributed by atoms with Crippen LogP contribution in [0.3, 0.4) is 0 Å². The van der Waals surface area contributed by atoms with Gasteiger partial charge < -0.3 is 4.90 Å². The quantitative estimate of drug-likeness (QED) is 0.724. The van der Waals surface area contributed by atoms with Gasteiger partial charge in [0.15, 0.2) is 0 Å². The SMILES string of the molecule is CC(C)N(C)CCC(C)(C#N)NC1CC1.